The molecule has 0 fully saturated rings. The molecule has 0 bridgehead atoms. The summed E-state index contributed by atoms with van der Waals surface area (Å²) in [5.74, 6) is 0.785. The van der Waals surface area contributed by atoms with E-state index in [0.29, 0.717) is 0 Å². The normalized spacial score (nSPS) is 8.44. The van der Waals surface area contributed by atoms with Gasteiger partial charge in [-0.3, -0.25) is 0 Å². The Labute approximate surface area is 59.3 Å². The molecular weight excluding hydrogens is 132 g/mol. The lowest BCUT2D eigenvalue weighted by Crippen LogP contribution is -1.83. The van der Waals surface area contributed by atoms with Gasteiger partial charge in [-0.15, -0.1) is 0 Å². The van der Waals surface area contributed by atoms with Crippen LogP contribution in [0, 0.1) is 0 Å². The SMILES string of the molecule is S=COc1ccccc1. The first-order valence-electron chi connectivity index (χ1n) is 2.59. The van der Waals surface area contributed by atoms with E-state index in [2.05, 4.69) is 12.2 Å². The molecule has 1 rings (SSSR count). The van der Waals surface area contributed by atoms with E-state index in [1.54, 1.807) is 0 Å². The van der Waals surface area contributed by atoms with E-state index in [-0.39, 0.29) is 0 Å². The first-order chi connectivity index (χ1) is 4.43. The second kappa shape index (κ2) is 3.20. The highest BCUT2D eigenvalue weighted by Gasteiger charge is 1.82. The second-order valence-corrected chi connectivity index (χ2v) is 1.72. The van der Waals surface area contributed by atoms with E-state index in [1.165, 1.54) is 5.55 Å². The van der Waals surface area contributed by atoms with Crippen LogP contribution >= 0.6 is 12.2 Å². The first-order valence-corrected chi connectivity index (χ1v) is 3.06. The molecule has 2 heteroatoms. The fourth-order valence-electron chi connectivity index (χ4n) is 0.555. The third-order valence-electron chi connectivity index (χ3n) is 0.927. The number of hydrogen-bond acceptors (Lipinski definition) is 2. The highest BCUT2D eigenvalue weighted by molar-refractivity contribution is 7.78. The van der Waals surface area contributed by atoms with Crippen molar-refractivity contribution in [2.24, 2.45) is 0 Å². The summed E-state index contributed by atoms with van der Waals surface area (Å²) < 4.78 is 4.90. The number of thiocarbonyl (C=S) groups is 1. The van der Waals surface area contributed by atoms with Gasteiger partial charge in [-0.05, 0) is 24.4 Å². The van der Waals surface area contributed by atoms with E-state index in [9.17, 15) is 0 Å². The molecule has 0 atom stereocenters. The van der Waals surface area contributed by atoms with Gasteiger partial charge in [0.05, 0.1) is 0 Å². The van der Waals surface area contributed by atoms with E-state index < -0.39 is 0 Å². The van der Waals surface area contributed by atoms with Crippen molar-refractivity contribution in [3.63, 3.8) is 0 Å². The van der Waals surface area contributed by atoms with E-state index in [4.69, 9.17) is 4.74 Å². The minimum atomic E-state index is 0.785. The third kappa shape index (κ3) is 1.82. The maximum atomic E-state index is 4.90. The Kier molecular flexibility index (Phi) is 2.22. The summed E-state index contributed by atoms with van der Waals surface area (Å²) in [7, 11) is 0. The van der Waals surface area contributed by atoms with Gasteiger partial charge in [0, 0.05) is 0 Å². The van der Waals surface area contributed by atoms with Gasteiger partial charge in [0.15, 0.2) is 5.55 Å². The quantitative estimate of drug-likeness (QED) is 0.578. The Hall–Kier alpha value is -0.890. The van der Waals surface area contributed by atoms with Gasteiger partial charge >= 0.3 is 0 Å². The van der Waals surface area contributed by atoms with Crippen molar-refractivity contribution in [1.29, 1.82) is 0 Å². The molecule has 0 spiro atoms. The Balaban J connectivity index is 2.72. The first kappa shape index (κ1) is 6.23. The highest BCUT2D eigenvalue weighted by Crippen LogP contribution is 2.06. The molecule has 0 N–H and O–H groups in total. The zero-order chi connectivity index (χ0) is 6.53. The largest absolute Gasteiger partial charge is 0.454 e. The Morgan fingerprint density at radius 1 is 1.22 bits per heavy atom. The maximum Gasteiger partial charge on any atom is 0.154 e. The Morgan fingerprint density at radius 2 is 1.89 bits per heavy atom. The zero-order valence-electron chi connectivity index (χ0n) is 4.78. The zero-order valence-corrected chi connectivity index (χ0v) is 5.60. The molecule has 0 aromatic heterocycles. The van der Waals surface area contributed by atoms with Crippen LogP contribution in [0.25, 0.3) is 0 Å². The lowest BCUT2D eigenvalue weighted by Gasteiger charge is -1.93. The minimum absolute atomic E-state index is 0.785. The lowest BCUT2D eigenvalue weighted by atomic mass is 10.3. The summed E-state index contributed by atoms with van der Waals surface area (Å²) in [6, 6.07) is 9.42. The van der Waals surface area contributed by atoms with Gasteiger partial charge in [0.2, 0.25) is 0 Å². The molecular formula is C7H6OS. The lowest BCUT2D eigenvalue weighted by molar-refractivity contribution is 0.586. The average Bonchev–Trinajstić information content (AvgIpc) is 1.91. The molecule has 0 aliphatic rings. The molecule has 0 unspecified atom stereocenters. The van der Waals surface area contributed by atoms with Crippen molar-refractivity contribution < 1.29 is 4.74 Å². The fourth-order valence-corrected chi connectivity index (χ4v) is 0.666. The van der Waals surface area contributed by atoms with Crippen molar-refractivity contribution in [2.45, 2.75) is 0 Å². The number of rotatable bonds is 2. The van der Waals surface area contributed by atoms with Crippen LogP contribution < -0.4 is 4.74 Å². The summed E-state index contributed by atoms with van der Waals surface area (Å²) in [6.07, 6.45) is 0. The van der Waals surface area contributed by atoms with Crippen LogP contribution in [-0.4, -0.2) is 5.55 Å². The van der Waals surface area contributed by atoms with Crippen LogP contribution in [0.3, 0.4) is 0 Å². The van der Waals surface area contributed by atoms with E-state index in [0.717, 1.165) is 5.75 Å². The average molecular weight is 138 g/mol. The van der Waals surface area contributed by atoms with Crippen LogP contribution in [-0.2, 0) is 0 Å². The number of benzene rings is 1. The highest BCUT2D eigenvalue weighted by atomic mass is 32.1. The fraction of sp³-hybridized carbons (Fsp3) is 0. The van der Waals surface area contributed by atoms with E-state index in [1.807, 2.05) is 30.3 Å². The van der Waals surface area contributed by atoms with Crippen molar-refractivity contribution in [1.82, 2.24) is 0 Å². The monoisotopic (exact) mass is 138 g/mol. The van der Waals surface area contributed by atoms with Crippen molar-refractivity contribution in [3.05, 3.63) is 30.3 Å². The van der Waals surface area contributed by atoms with Crippen LogP contribution in [0.2, 0.25) is 0 Å². The predicted octanol–water partition coefficient (Wildman–Crippen LogP) is 2.02. The molecule has 0 amide bonds. The Morgan fingerprint density at radius 3 is 2.44 bits per heavy atom. The van der Waals surface area contributed by atoms with Crippen LogP contribution in [0.15, 0.2) is 30.3 Å². The molecule has 46 valence electrons. The van der Waals surface area contributed by atoms with Gasteiger partial charge in [0.25, 0.3) is 0 Å². The molecule has 0 saturated heterocycles. The molecule has 0 radical (unpaired) electrons. The summed E-state index contributed by atoms with van der Waals surface area (Å²) in [4.78, 5) is 0. The summed E-state index contributed by atoms with van der Waals surface area (Å²) in [5.41, 5.74) is 1.25. The molecule has 0 heterocycles. The van der Waals surface area contributed by atoms with Crippen LogP contribution in [0.5, 0.6) is 5.75 Å². The molecule has 1 nitrogen and oxygen atoms in total. The minimum Gasteiger partial charge on any atom is -0.454 e. The number of hydrogen-bond donors (Lipinski definition) is 0. The molecule has 0 aliphatic carbocycles. The van der Waals surface area contributed by atoms with Gasteiger partial charge in [-0.1, -0.05) is 18.2 Å². The summed E-state index contributed by atoms with van der Waals surface area (Å²) in [5, 5.41) is 0. The van der Waals surface area contributed by atoms with Crippen molar-refractivity contribution in [3.8, 4) is 5.75 Å². The predicted molar refractivity (Wildman–Crippen MR) is 40.7 cm³/mol. The molecule has 9 heavy (non-hydrogen) atoms. The molecule has 1 aromatic carbocycles. The third-order valence-corrected chi connectivity index (χ3v) is 1.02. The van der Waals surface area contributed by atoms with Crippen LogP contribution in [0.1, 0.15) is 0 Å². The number of ether oxygens (including phenoxy) is 1. The van der Waals surface area contributed by atoms with Crippen LogP contribution in [0.4, 0.5) is 0 Å². The Bertz CT molecular complexity index is 183. The molecule has 0 saturated carbocycles. The standard InChI is InChI=1S/C7H6OS/c9-6-8-7-4-2-1-3-5-7/h1-6H. The second-order valence-electron chi connectivity index (χ2n) is 1.53. The number of para-hydroxylation sites is 1. The van der Waals surface area contributed by atoms with E-state index >= 15 is 0 Å². The molecule has 0 aliphatic heterocycles. The van der Waals surface area contributed by atoms with Gasteiger partial charge in [0.1, 0.15) is 5.75 Å². The maximum absolute atomic E-state index is 4.90. The molecule has 1 aromatic rings. The summed E-state index contributed by atoms with van der Waals surface area (Å²) >= 11 is 4.49. The van der Waals surface area contributed by atoms with Gasteiger partial charge < -0.3 is 4.74 Å². The topological polar surface area (TPSA) is 9.23 Å². The summed E-state index contributed by atoms with van der Waals surface area (Å²) in [6.45, 7) is 0. The smallest absolute Gasteiger partial charge is 0.154 e. The van der Waals surface area contributed by atoms with Crippen molar-refractivity contribution >= 4 is 17.8 Å². The van der Waals surface area contributed by atoms with Gasteiger partial charge in [-0.25, -0.2) is 0 Å². The van der Waals surface area contributed by atoms with Gasteiger partial charge in [-0.2, -0.15) is 0 Å². The van der Waals surface area contributed by atoms with Crippen molar-refractivity contribution in [2.75, 3.05) is 0 Å².